The molecule has 0 N–H and O–H groups in total. The molecule has 13 aromatic rings. The normalized spacial score (nSPS) is 11.7. The number of para-hydroxylation sites is 3. The van der Waals surface area contributed by atoms with Gasteiger partial charge in [-0.25, -0.2) is 0 Å². The zero-order chi connectivity index (χ0) is 42.8. The molecule has 0 atom stereocenters. The number of anilines is 3. The van der Waals surface area contributed by atoms with E-state index in [4.69, 9.17) is 4.42 Å². The maximum Gasteiger partial charge on any atom is 0.135 e. The second-order valence-electron chi connectivity index (χ2n) is 16.8. The van der Waals surface area contributed by atoms with Gasteiger partial charge in [0.1, 0.15) is 11.2 Å². The van der Waals surface area contributed by atoms with Crippen LogP contribution in [0.5, 0.6) is 0 Å². The van der Waals surface area contributed by atoms with Gasteiger partial charge in [-0.3, -0.25) is 0 Å². The quantitative estimate of drug-likeness (QED) is 0.160. The summed E-state index contributed by atoms with van der Waals surface area (Å²) in [4.78, 5) is 2.43. The molecule has 0 amide bonds. The zero-order valence-electron chi connectivity index (χ0n) is 35.4. The number of hydrogen-bond donors (Lipinski definition) is 0. The van der Waals surface area contributed by atoms with Gasteiger partial charge in [0.25, 0.3) is 0 Å². The van der Waals surface area contributed by atoms with Crippen LogP contribution in [0.4, 0.5) is 17.1 Å². The van der Waals surface area contributed by atoms with Gasteiger partial charge in [-0.05, 0) is 105 Å². The monoisotopic (exact) mass is 828 g/mol. The highest BCUT2D eigenvalue weighted by molar-refractivity contribution is 6.25. The molecule has 0 spiro atoms. The van der Waals surface area contributed by atoms with Crippen molar-refractivity contribution in [3.05, 3.63) is 243 Å². The van der Waals surface area contributed by atoms with E-state index < -0.39 is 0 Å². The second kappa shape index (κ2) is 15.0. The van der Waals surface area contributed by atoms with Crippen molar-refractivity contribution >= 4 is 82.4 Å². The molecule has 0 aliphatic rings. The minimum Gasteiger partial charge on any atom is -0.456 e. The Hall–Kier alpha value is -8.66. The number of benzene rings is 11. The number of rotatable bonds is 7. The van der Waals surface area contributed by atoms with E-state index in [2.05, 4.69) is 240 Å². The number of hydrogen-bond acceptors (Lipinski definition) is 2. The maximum atomic E-state index is 6.35. The second-order valence-corrected chi connectivity index (χ2v) is 16.8. The molecule has 0 aliphatic heterocycles. The molecule has 2 heterocycles. The molecule has 0 aliphatic carbocycles. The van der Waals surface area contributed by atoms with E-state index in [0.717, 1.165) is 55.8 Å². The smallest absolute Gasteiger partial charge is 0.135 e. The van der Waals surface area contributed by atoms with Crippen molar-refractivity contribution in [3.63, 3.8) is 0 Å². The fraction of sp³-hybridized carbons (Fsp3) is 0. The average molecular weight is 829 g/mol. The minimum absolute atomic E-state index is 0.873. The molecule has 0 saturated carbocycles. The summed E-state index contributed by atoms with van der Waals surface area (Å²) in [5.41, 5.74) is 15.6. The lowest BCUT2D eigenvalue weighted by atomic mass is 9.94. The van der Waals surface area contributed by atoms with E-state index in [1.54, 1.807) is 0 Å². The number of furan rings is 1. The summed E-state index contributed by atoms with van der Waals surface area (Å²) in [6.07, 6.45) is 0. The molecule has 0 fully saturated rings. The van der Waals surface area contributed by atoms with Gasteiger partial charge < -0.3 is 13.9 Å². The largest absolute Gasteiger partial charge is 0.456 e. The van der Waals surface area contributed by atoms with Crippen LogP contribution in [0.25, 0.3) is 104 Å². The first-order chi connectivity index (χ1) is 32.3. The Labute approximate surface area is 376 Å². The highest BCUT2D eigenvalue weighted by atomic mass is 16.3. The van der Waals surface area contributed by atoms with Crippen molar-refractivity contribution in [1.29, 1.82) is 0 Å². The van der Waals surface area contributed by atoms with Crippen LogP contribution in [-0.4, -0.2) is 4.57 Å². The molecule has 65 heavy (non-hydrogen) atoms. The topological polar surface area (TPSA) is 21.3 Å². The summed E-state index contributed by atoms with van der Waals surface area (Å²) >= 11 is 0. The predicted octanol–water partition coefficient (Wildman–Crippen LogP) is 17.5. The summed E-state index contributed by atoms with van der Waals surface area (Å²) in [5, 5.41) is 9.60. The van der Waals surface area contributed by atoms with Gasteiger partial charge in [0.2, 0.25) is 0 Å². The van der Waals surface area contributed by atoms with Gasteiger partial charge in [0, 0.05) is 43.9 Å². The van der Waals surface area contributed by atoms with E-state index >= 15 is 0 Å². The zero-order valence-corrected chi connectivity index (χ0v) is 35.4. The number of nitrogens with zero attached hydrogens (tertiary/aromatic N) is 2. The summed E-state index contributed by atoms with van der Waals surface area (Å²) in [6, 6.07) is 87.7. The Morgan fingerprint density at radius 3 is 1.77 bits per heavy atom. The van der Waals surface area contributed by atoms with Crippen LogP contribution in [0.15, 0.2) is 247 Å². The van der Waals surface area contributed by atoms with Crippen LogP contribution in [-0.2, 0) is 0 Å². The van der Waals surface area contributed by atoms with Gasteiger partial charge in [-0.2, -0.15) is 0 Å². The Kier molecular flexibility index (Phi) is 8.53. The highest BCUT2D eigenvalue weighted by Crippen LogP contribution is 2.47. The van der Waals surface area contributed by atoms with E-state index in [1.807, 2.05) is 12.1 Å². The molecule has 0 saturated heterocycles. The van der Waals surface area contributed by atoms with E-state index in [-0.39, 0.29) is 0 Å². The molecule has 0 radical (unpaired) electrons. The molecule has 0 unspecified atom stereocenters. The van der Waals surface area contributed by atoms with E-state index in [0.29, 0.717) is 0 Å². The lowest BCUT2D eigenvalue weighted by Crippen LogP contribution is -2.12. The van der Waals surface area contributed by atoms with Gasteiger partial charge in [-0.15, -0.1) is 0 Å². The Morgan fingerprint density at radius 1 is 0.323 bits per heavy atom. The molecule has 2 aromatic heterocycles. The third-order valence-corrected chi connectivity index (χ3v) is 13.2. The molecule has 3 heteroatoms. The standard InChI is InChI=1S/C62H40N2O/c1-3-16-41(17-4-1)47-36-38-57(51-23-8-7-22-50(47)51)64(46-35-39-60-54(40-46)52-24-11-14-29-59(52)65-60)55-27-12-9-21-48(55)43-30-33-45(34-31-43)63-56-28-13-10-25-53(56)62-58(63)37-32-44-20-15-26-49(61(44)62)42-18-5-2-6-19-42/h1-40H. The van der Waals surface area contributed by atoms with Crippen LogP contribution < -0.4 is 4.90 Å². The molecule has 13 rings (SSSR count). The molecule has 3 nitrogen and oxygen atoms in total. The first-order valence-corrected chi connectivity index (χ1v) is 22.3. The first-order valence-electron chi connectivity index (χ1n) is 22.3. The molecule has 304 valence electrons. The lowest BCUT2D eigenvalue weighted by Gasteiger charge is -2.29. The summed E-state index contributed by atoms with van der Waals surface area (Å²) in [7, 11) is 0. The predicted molar refractivity (Wildman–Crippen MR) is 274 cm³/mol. The van der Waals surface area contributed by atoms with Crippen molar-refractivity contribution in [2.75, 3.05) is 4.90 Å². The van der Waals surface area contributed by atoms with E-state index in [9.17, 15) is 0 Å². The molecular weight excluding hydrogens is 789 g/mol. The Balaban J connectivity index is 0.995. The fourth-order valence-electron chi connectivity index (χ4n) is 10.3. The molecular formula is C62H40N2O. The van der Waals surface area contributed by atoms with Crippen LogP contribution in [0.1, 0.15) is 0 Å². The Morgan fingerprint density at radius 2 is 0.954 bits per heavy atom. The summed E-state index contributed by atoms with van der Waals surface area (Å²) < 4.78 is 8.78. The van der Waals surface area contributed by atoms with Crippen molar-refractivity contribution in [2.45, 2.75) is 0 Å². The van der Waals surface area contributed by atoms with Crippen molar-refractivity contribution in [3.8, 4) is 39.1 Å². The maximum absolute atomic E-state index is 6.35. The van der Waals surface area contributed by atoms with Crippen molar-refractivity contribution in [2.24, 2.45) is 0 Å². The average Bonchev–Trinajstić information content (AvgIpc) is 3.93. The number of aromatic nitrogens is 1. The van der Waals surface area contributed by atoms with Gasteiger partial charge >= 0.3 is 0 Å². The van der Waals surface area contributed by atoms with Gasteiger partial charge in [0.05, 0.1) is 22.4 Å². The van der Waals surface area contributed by atoms with Crippen molar-refractivity contribution < 1.29 is 4.42 Å². The lowest BCUT2D eigenvalue weighted by molar-refractivity contribution is 0.669. The van der Waals surface area contributed by atoms with Gasteiger partial charge in [-0.1, -0.05) is 182 Å². The van der Waals surface area contributed by atoms with Crippen LogP contribution in [0.3, 0.4) is 0 Å². The van der Waals surface area contributed by atoms with Crippen LogP contribution in [0.2, 0.25) is 0 Å². The first kappa shape index (κ1) is 36.9. The highest BCUT2D eigenvalue weighted by Gasteiger charge is 2.23. The van der Waals surface area contributed by atoms with Crippen LogP contribution >= 0.6 is 0 Å². The minimum atomic E-state index is 0.873. The van der Waals surface area contributed by atoms with E-state index in [1.165, 1.54) is 65.6 Å². The van der Waals surface area contributed by atoms with Gasteiger partial charge in [0.15, 0.2) is 0 Å². The summed E-state index contributed by atoms with van der Waals surface area (Å²) in [5.74, 6) is 0. The van der Waals surface area contributed by atoms with Crippen molar-refractivity contribution in [1.82, 2.24) is 4.57 Å². The molecule has 0 bridgehead atoms. The summed E-state index contributed by atoms with van der Waals surface area (Å²) in [6.45, 7) is 0. The third-order valence-electron chi connectivity index (χ3n) is 13.2. The fourth-order valence-corrected chi connectivity index (χ4v) is 10.3. The van der Waals surface area contributed by atoms with Crippen LogP contribution in [0, 0.1) is 0 Å². The Bertz CT molecular complexity index is 3940. The number of fused-ring (bicyclic) bond motifs is 9. The third kappa shape index (κ3) is 5.97. The SMILES string of the molecule is c1ccc(-c2ccc(N(c3ccc4oc5ccccc5c4c3)c3ccccc3-c3ccc(-n4c5ccccc5c5c6c(-c7ccccc7)cccc6ccc54)cc3)c3ccccc23)cc1. The molecule has 11 aromatic carbocycles.